The first-order chi connectivity index (χ1) is 9.78. The highest BCUT2D eigenvalue weighted by atomic mass is 32.2. The van der Waals surface area contributed by atoms with E-state index in [2.05, 4.69) is 0 Å². The summed E-state index contributed by atoms with van der Waals surface area (Å²) >= 11 is 1.59. The van der Waals surface area contributed by atoms with Gasteiger partial charge >= 0.3 is 6.09 Å². The van der Waals surface area contributed by atoms with Crippen molar-refractivity contribution in [1.82, 2.24) is 4.57 Å². The Morgan fingerprint density at radius 2 is 2.10 bits per heavy atom. The van der Waals surface area contributed by atoms with E-state index in [0.29, 0.717) is 0 Å². The molecule has 0 fully saturated rings. The number of aromatic nitrogens is 1. The predicted octanol–water partition coefficient (Wildman–Crippen LogP) is 3.95. The lowest BCUT2D eigenvalue weighted by molar-refractivity contribution is 0.0544. The highest BCUT2D eigenvalue weighted by molar-refractivity contribution is 7.98. The lowest BCUT2D eigenvalue weighted by Gasteiger charge is -2.20. The molecule has 5 heteroatoms. The van der Waals surface area contributed by atoms with Gasteiger partial charge in [0.05, 0.1) is 12.1 Å². The summed E-state index contributed by atoms with van der Waals surface area (Å²) in [5.74, 6) is 0. The van der Waals surface area contributed by atoms with Crippen molar-refractivity contribution in [1.29, 1.82) is 0 Å². The maximum absolute atomic E-state index is 12.3. The molecule has 0 amide bonds. The van der Waals surface area contributed by atoms with Crippen LogP contribution in [0.4, 0.5) is 4.79 Å². The minimum Gasteiger partial charge on any atom is -0.443 e. The van der Waals surface area contributed by atoms with E-state index in [-0.39, 0.29) is 6.61 Å². The number of rotatable bonds is 2. The topological polar surface area (TPSA) is 51.5 Å². The lowest BCUT2D eigenvalue weighted by Crippen LogP contribution is -2.26. The van der Waals surface area contributed by atoms with E-state index in [0.717, 1.165) is 26.9 Å². The van der Waals surface area contributed by atoms with Crippen LogP contribution in [0.5, 0.6) is 0 Å². The molecule has 0 aliphatic rings. The van der Waals surface area contributed by atoms with Crippen LogP contribution in [0, 0.1) is 6.92 Å². The molecule has 21 heavy (non-hydrogen) atoms. The minimum absolute atomic E-state index is 0.0503. The van der Waals surface area contributed by atoms with Gasteiger partial charge in [-0.3, -0.25) is 4.57 Å². The van der Waals surface area contributed by atoms with E-state index in [1.165, 1.54) is 4.57 Å². The largest absolute Gasteiger partial charge is 0.443 e. The molecule has 0 radical (unpaired) electrons. The fraction of sp³-hybridized carbons (Fsp3) is 0.438. The number of benzene rings is 1. The molecule has 0 bridgehead atoms. The number of aliphatic hydroxyl groups is 1. The second kappa shape index (κ2) is 5.73. The average Bonchev–Trinajstić information content (AvgIpc) is 2.81. The molecule has 114 valence electrons. The Morgan fingerprint density at radius 1 is 1.43 bits per heavy atom. The maximum atomic E-state index is 12.3. The van der Waals surface area contributed by atoms with Crippen LogP contribution in [0.25, 0.3) is 10.9 Å². The Bertz CT molecular complexity index is 683. The second-order valence-corrected chi connectivity index (χ2v) is 6.81. The zero-order valence-corrected chi connectivity index (χ0v) is 13.9. The van der Waals surface area contributed by atoms with Gasteiger partial charge in [0.15, 0.2) is 0 Å². The zero-order valence-electron chi connectivity index (χ0n) is 13.1. The van der Waals surface area contributed by atoms with Crippen LogP contribution in [-0.4, -0.2) is 27.6 Å². The van der Waals surface area contributed by atoms with Crippen molar-refractivity contribution < 1.29 is 14.6 Å². The molecule has 0 aliphatic carbocycles. The maximum Gasteiger partial charge on any atom is 0.419 e. The van der Waals surface area contributed by atoms with Crippen LogP contribution in [0.3, 0.4) is 0 Å². The highest BCUT2D eigenvalue weighted by Gasteiger charge is 2.21. The third kappa shape index (κ3) is 3.09. The number of thioether (sulfide) groups is 1. The van der Waals surface area contributed by atoms with Gasteiger partial charge in [-0.1, -0.05) is 0 Å². The fourth-order valence-electron chi connectivity index (χ4n) is 2.37. The quantitative estimate of drug-likeness (QED) is 0.854. The van der Waals surface area contributed by atoms with Crippen LogP contribution in [-0.2, 0) is 11.3 Å². The second-order valence-electron chi connectivity index (χ2n) is 5.96. The summed E-state index contributed by atoms with van der Waals surface area (Å²) in [4.78, 5) is 13.3. The molecule has 1 heterocycles. The van der Waals surface area contributed by atoms with E-state index in [1.807, 2.05) is 46.1 Å². The Morgan fingerprint density at radius 3 is 2.62 bits per heavy atom. The smallest absolute Gasteiger partial charge is 0.419 e. The Hall–Kier alpha value is -1.46. The number of aliphatic hydroxyl groups excluding tert-OH is 1. The van der Waals surface area contributed by atoms with Gasteiger partial charge in [0, 0.05) is 22.0 Å². The van der Waals surface area contributed by atoms with Gasteiger partial charge in [-0.05, 0) is 51.6 Å². The summed E-state index contributed by atoms with van der Waals surface area (Å²) in [6.45, 7) is 7.44. The standard InChI is InChI=1S/C16H21NO3S/c1-10-8-13(21-5)12(9-18)11-6-7-17(14(10)11)15(19)20-16(2,3)4/h6-8,18H,9H2,1-5H3. The van der Waals surface area contributed by atoms with Gasteiger partial charge in [0.25, 0.3) is 0 Å². The molecule has 0 aliphatic heterocycles. The van der Waals surface area contributed by atoms with Crippen molar-refractivity contribution >= 4 is 28.8 Å². The normalized spacial score (nSPS) is 11.9. The number of carbonyl (C=O) groups excluding carboxylic acids is 1. The van der Waals surface area contributed by atoms with Crippen LogP contribution >= 0.6 is 11.8 Å². The van der Waals surface area contributed by atoms with E-state index < -0.39 is 11.7 Å². The molecule has 0 atom stereocenters. The number of carbonyl (C=O) groups is 1. The number of hydrogen-bond donors (Lipinski definition) is 1. The molecule has 0 spiro atoms. The minimum atomic E-state index is -0.541. The highest BCUT2D eigenvalue weighted by Crippen LogP contribution is 2.32. The zero-order chi connectivity index (χ0) is 15.8. The Labute approximate surface area is 129 Å². The molecular weight excluding hydrogens is 286 g/mol. The van der Waals surface area contributed by atoms with E-state index >= 15 is 0 Å². The first kappa shape index (κ1) is 15.9. The van der Waals surface area contributed by atoms with Crippen molar-refractivity contribution in [3.63, 3.8) is 0 Å². The summed E-state index contributed by atoms with van der Waals surface area (Å²) in [6, 6.07) is 3.86. The molecule has 4 nitrogen and oxygen atoms in total. The summed E-state index contributed by atoms with van der Waals surface area (Å²) in [5.41, 5.74) is 2.10. The van der Waals surface area contributed by atoms with E-state index in [9.17, 15) is 9.90 Å². The van der Waals surface area contributed by atoms with Crippen molar-refractivity contribution in [2.45, 2.75) is 44.8 Å². The third-order valence-electron chi connectivity index (χ3n) is 3.20. The summed E-state index contributed by atoms with van der Waals surface area (Å²) in [7, 11) is 0. The van der Waals surface area contributed by atoms with Crippen LogP contribution in [0.15, 0.2) is 23.2 Å². The van der Waals surface area contributed by atoms with Gasteiger partial charge in [-0.25, -0.2) is 4.79 Å². The predicted molar refractivity (Wildman–Crippen MR) is 86.0 cm³/mol. The molecule has 1 aromatic heterocycles. The molecule has 2 rings (SSSR count). The van der Waals surface area contributed by atoms with Crippen LogP contribution < -0.4 is 0 Å². The molecule has 1 N–H and O–H groups in total. The van der Waals surface area contributed by atoms with Crippen molar-refractivity contribution in [2.75, 3.05) is 6.26 Å². The number of aryl methyl sites for hydroxylation is 1. The van der Waals surface area contributed by atoms with Crippen molar-refractivity contribution in [2.24, 2.45) is 0 Å². The molecule has 1 aromatic carbocycles. The lowest BCUT2D eigenvalue weighted by atomic mass is 10.1. The van der Waals surface area contributed by atoms with Crippen molar-refractivity contribution in [3.05, 3.63) is 29.5 Å². The monoisotopic (exact) mass is 307 g/mol. The third-order valence-corrected chi connectivity index (χ3v) is 4.00. The van der Waals surface area contributed by atoms with Gasteiger partial charge in [0.2, 0.25) is 0 Å². The molecule has 0 saturated carbocycles. The Kier molecular flexibility index (Phi) is 4.35. The molecular formula is C16H21NO3S. The summed E-state index contributed by atoms with van der Waals surface area (Å²) in [6.07, 6.45) is 3.28. The first-order valence-corrected chi connectivity index (χ1v) is 8.02. The van der Waals surface area contributed by atoms with Crippen molar-refractivity contribution in [3.8, 4) is 0 Å². The fourth-order valence-corrected chi connectivity index (χ4v) is 3.09. The average molecular weight is 307 g/mol. The van der Waals surface area contributed by atoms with Gasteiger partial charge in [-0.2, -0.15) is 0 Å². The number of nitrogens with zero attached hydrogens (tertiary/aromatic N) is 1. The SMILES string of the molecule is CSc1cc(C)c2c(ccn2C(=O)OC(C)(C)C)c1CO. The molecule has 0 unspecified atom stereocenters. The van der Waals surface area contributed by atoms with Crippen LogP contribution in [0.2, 0.25) is 0 Å². The number of fused-ring (bicyclic) bond motifs is 1. The van der Waals surface area contributed by atoms with E-state index in [4.69, 9.17) is 4.74 Å². The number of hydrogen-bond acceptors (Lipinski definition) is 4. The van der Waals surface area contributed by atoms with E-state index in [1.54, 1.807) is 18.0 Å². The Balaban J connectivity index is 2.61. The van der Waals surface area contributed by atoms with Gasteiger partial charge in [-0.15, -0.1) is 11.8 Å². The summed E-state index contributed by atoms with van der Waals surface area (Å²) in [5, 5.41) is 10.5. The van der Waals surface area contributed by atoms with Gasteiger partial charge < -0.3 is 9.84 Å². The van der Waals surface area contributed by atoms with Crippen LogP contribution in [0.1, 0.15) is 31.9 Å². The molecule has 2 aromatic rings. The van der Waals surface area contributed by atoms with Gasteiger partial charge in [0.1, 0.15) is 5.60 Å². The molecule has 0 saturated heterocycles. The number of ether oxygens (including phenoxy) is 1. The first-order valence-electron chi connectivity index (χ1n) is 6.80. The summed E-state index contributed by atoms with van der Waals surface area (Å²) < 4.78 is 6.94.